The molecule has 7 heteroatoms. The Labute approximate surface area is 132 Å². The number of aromatic amines is 1. The molecule has 2 aromatic heterocycles. The number of nitrogens with zero attached hydrogens (tertiary/aromatic N) is 2. The maximum atomic E-state index is 12.0. The van der Waals surface area contributed by atoms with E-state index < -0.39 is 5.91 Å². The molecule has 0 fully saturated rings. The van der Waals surface area contributed by atoms with E-state index in [0.717, 1.165) is 16.5 Å². The van der Waals surface area contributed by atoms with Crippen LogP contribution in [0.5, 0.6) is 0 Å². The lowest BCUT2D eigenvalue weighted by Crippen LogP contribution is -2.42. The molecule has 0 unspecified atom stereocenters. The minimum absolute atomic E-state index is 0.142. The summed E-state index contributed by atoms with van der Waals surface area (Å²) in [6.45, 7) is 1.78. The van der Waals surface area contributed by atoms with Gasteiger partial charge in [-0.1, -0.05) is 18.2 Å². The number of aromatic nitrogens is 3. The van der Waals surface area contributed by atoms with E-state index in [1.165, 1.54) is 12.4 Å². The number of para-hydroxylation sites is 1. The third-order valence-electron chi connectivity index (χ3n) is 3.35. The molecule has 3 aromatic rings. The van der Waals surface area contributed by atoms with Gasteiger partial charge < -0.3 is 4.98 Å². The number of H-pyrrole nitrogens is 1. The summed E-state index contributed by atoms with van der Waals surface area (Å²) in [5.74, 6) is -0.826. The topological polar surface area (TPSA) is 99.8 Å². The van der Waals surface area contributed by atoms with Gasteiger partial charge in [0.25, 0.3) is 5.91 Å². The quantitative estimate of drug-likeness (QED) is 0.634. The molecule has 0 aliphatic heterocycles. The highest BCUT2D eigenvalue weighted by Crippen LogP contribution is 2.17. The third-order valence-corrected chi connectivity index (χ3v) is 3.35. The zero-order valence-corrected chi connectivity index (χ0v) is 12.5. The Bertz CT molecular complexity index is 854. The first kappa shape index (κ1) is 14.7. The van der Waals surface area contributed by atoms with E-state index in [0.29, 0.717) is 5.69 Å². The van der Waals surface area contributed by atoms with Gasteiger partial charge >= 0.3 is 0 Å². The van der Waals surface area contributed by atoms with E-state index in [2.05, 4.69) is 25.8 Å². The van der Waals surface area contributed by atoms with Crippen LogP contribution in [0.25, 0.3) is 10.9 Å². The third kappa shape index (κ3) is 3.34. The van der Waals surface area contributed by atoms with Crippen molar-refractivity contribution in [1.82, 2.24) is 25.8 Å². The van der Waals surface area contributed by atoms with Crippen LogP contribution in [-0.2, 0) is 11.2 Å². The van der Waals surface area contributed by atoms with Crippen molar-refractivity contribution >= 4 is 22.7 Å². The molecule has 116 valence electrons. The van der Waals surface area contributed by atoms with Crippen LogP contribution in [0.4, 0.5) is 0 Å². The van der Waals surface area contributed by atoms with Gasteiger partial charge in [-0.05, 0) is 18.6 Å². The number of hydrazine groups is 1. The van der Waals surface area contributed by atoms with Crippen LogP contribution in [0.15, 0.2) is 42.9 Å². The predicted octanol–water partition coefficient (Wildman–Crippen LogP) is 1.27. The van der Waals surface area contributed by atoms with Crippen molar-refractivity contribution in [3.63, 3.8) is 0 Å². The first-order valence-corrected chi connectivity index (χ1v) is 7.06. The molecule has 0 aliphatic carbocycles. The number of nitrogens with one attached hydrogen (secondary N) is 3. The molecule has 2 amide bonds. The molecule has 0 spiro atoms. The van der Waals surface area contributed by atoms with Crippen molar-refractivity contribution in [2.45, 2.75) is 13.3 Å². The van der Waals surface area contributed by atoms with E-state index in [9.17, 15) is 9.59 Å². The summed E-state index contributed by atoms with van der Waals surface area (Å²) in [5.41, 5.74) is 7.39. The SMILES string of the molecule is Cc1cnc(C(=O)NNC(=O)Cc2c[nH]c3ccccc23)cn1. The number of hydrogen-bond donors (Lipinski definition) is 3. The van der Waals surface area contributed by atoms with Gasteiger partial charge in [0.2, 0.25) is 5.91 Å². The molecule has 23 heavy (non-hydrogen) atoms. The molecule has 1 aromatic carbocycles. The molecular weight excluding hydrogens is 294 g/mol. The zero-order valence-electron chi connectivity index (χ0n) is 12.5. The van der Waals surface area contributed by atoms with E-state index in [1.807, 2.05) is 24.3 Å². The van der Waals surface area contributed by atoms with Gasteiger partial charge in [0.1, 0.15) is 5.69 Å². The molecule has 0 bridgehead atoms. The molecule has 3 N–H and O–H groups in total. The standard InChI is InChI=1S/C16H15N5O2/c1-10-7-18-14(9-17-10)16(23)21-20-15(22)6-11-8-19-13-5-3-2-4-12(11)13/h2-5,7-9,19H,6H2,1H3,(H,20,22)(H,21,23). The molecule has 0 aliphatic rings. The van der Waals surface area contributed by atoms with Gasteiger partial charge in [0, 0.05) is 23.3 Å². The maximum absolute atomic E-state index is 12.0. The second-order valence-corrected chi connectivity index (χ2v) is 5.08. The summed E-state index contributed by atoms with van der Waals surface area (Å²) in [7, 11) is 0. The largest absolute Gasteiger partial charge is 0.361 e. The summed E-state index contributed by atoms with van der Waals surface area (Å²) in [5, 5.41) is 0.985. The highest BCUT2D eigenvalue weighted by Gasteiger charge is 2.11. The molecule has 2 heterocycles. The molecule has 3 rings (SSSR count). The average Bonchev–Trinajstić information content (AvgIpc) is 2.96. The molecular formula is C16H15N5O2. The maximum Gasteiger partial charge on any atom is 0.289 e. The van der Waals surface area contributed by atoms with Crippen molar-refractivity contribution in [2.24, 2.45) is 0 Å². The van der Waals surface area contributed by atoms with Crippen LogP contribution in [0.1, 0.15) is 21.7 Å². The number of fused-ring (bicyclic) bond motifs is 1. The van der Waals surface area contributed by atoms with E-state index in [1.54, 1.807) is 13.1 Å². The van der Waals surface area contributed by atoms with Crippen LogP contribution >= 0.6 is 0 Å². The highest BCUT2D eigenvalue weighted by molar-refractivity contribution is 5.94. The van der Waals surface area contributed by atoms with Crippen molar-refractivity contribution in [1.29, 1.82) is 0 Å². The van der Waals surface area contributed by atoms with Crippen molar-refractivity contribution in [3.05, 3.63) is 59.8 Å². The van der Waals surface area contributed by atoms with Crippen molar-refractivity contribution in [3.8, 4) is 0 Å². The fraction of sp³-hybridized carbons (Fsp3) is 0.125. The number of rotatable bonds is 3. The fourth-order valence-electron chi connectivity index (χ4n) is 2.20. The van der Waals surface area contributed by atoms with Gasteiger partial charge in [0.05, 0.1) is 18.3 Å². The Morgan fingerprint density at radius 1 is 1.13 bits per heavy atom. The Morgan fingerprint density at radius 3 is 2.74 bits per heavy atom. The first-order chi connectivity index (χ1) is 11.1. The van der Waals surface area contributed by atoms with Gasteiger partial charge in [-0.2, -0.15) is 0 Å². The zero-order chi connectivity index (χ0) is 16.2. The second kappa shape index (κ2) is 6.27. The van der Waals surface area contributed by atoms with E-state index >= 15 is 0 Å². The average molecular weight is 309 g/mol. The minimum atomic E-state index is -0.509. The fourth-order valence-corrected chi connectivity index (χ4v) is 2.20. The van der Waals surface area contributed by atoms with E-state index in [4.69, 9.17) is 0 Å². The summed E-state index contributed by atoms with van der Waals surface area (Å²) in [6, 6.07) is 7.71. The smallest absolute Gasteiger partial charge is 0.289 e. The van der Waals surface area contributed by atoms with Crippen LogP contribution in [0.3, 0.4) is 0 Å². The van der Waals surface area contributed by atoms with Crippen molar-refractivity contribution in [2.75, 3.05) is 0 Å². The first-order valence-electron chi connectivity index (χ1n) is 7.06. The van der Waals surface area contributed by atoms with Crippen molar-refractivity contribution < 1.29 is 9.59 Å². The van der Waals surface area contributed by atoms with E-state index in [-0.39, 0.29) is 18.0 Å². The van der Waals surface area contributed by atoms with Crippen LogP contribution < -0.4 is 10.9 Å². The van der Waals surface area contributed by atoms with Crippen LogP contribution in [-0.4, -0.2) is 26.8 Å². The Balaban J connectivity index is 1.59. The molecule has 0 atom stereocenters. The lowest BCUT2D eigenvalue weighted by molar-refractivity contribution is -0.121. The number of benzene rings is 1. The number of hydrogen-bond acceptors (Lipinski definition) is 4. The molecule has 0 saturated carbocycles. The Kier molecular flexibility index (Phi) is 4.01. The predicted molar refractivity (Wildman–Crippen MR) is 84.4 cm³/mol. The highest BCUT2D eigenvalue weighted by atomic mass is 16.2. The lowest BCUT2D eigenvalue weighted by Gasteiger charge is -2.06. The van der Waals surface area contributed by atoms with Crippen LogP contribution in [0, 0.1) is 6.92 Å². The van der Waals surface area contributed by atoms with Crippen LogP contribution in [0.2, 0.25) is 0 Å². The second-order valence-electron chi connectivity index (χ2n) is 5.08. The van der Waals surface area contributed by atoms with Gasteiger partial charge in [-0.3, -0.25) is 25.4 Å². The molecule has 7 nitrogen and oxygen atoms in total. The normalized spacial score (nSPS) is 10.5. The summed E-state index contributed by atoms with van der Waals surface area (Å²) < 4.78 is 0. The molecule has 0 radical (unpaired) electrons. The number of carbonyl (C=O) groups is 2. The Morgan fingerprint density at radius 2 is 1.96 bits per heavy atom. The number of amides is 2. The summed E-state index contributed by atoms with van der Waals surface area (Å²) >= 11 is 0. The van der Waals surface area contributed by atoms with Gasteiger partial charge in [-0.25, -0.2) is 4.98 Å². The monoisotopic (exact) mass is 309 g/mol. The minimum Gasteiger partial charge on any atom is -0.361 e. The lowest BCUT2D eigenvalue weighted by atomic mass is 10.1. The number of aryl methyl sites for hydroxylation is 1. The Hall–Kier alpha value is -3.22. The summed E-state index contributed by atoms with van der Waals surface area (Å²) in [6.07, 6.45) is 4.79. The molecule has 0 saturated heterocycles. The van der Waals surface area contributed by atoms with Gasteiger partial charge in [-0.15, -0.1) is 0 Å². The number of carbonyl (C=O) groups excluding carboxylic acids is 2. The van der Waals surface area contributed by atoms with Gasteiger partial charge in [0.15, 0.2) is 0 Å². The summed E-state index contributed by atoms with van der Waals surface area (Å²) in [4.78, 5) is 34.8.